The van der Waals surface area contributed by atoms with Crippen LogP contribution in [0.5, 0.6) is 23.0 Å². The lowest BCUT2D eigenvalue weighted by Gasteiger charge is -2.30. The molecule has 0 N–H and O–H groups in total. The van der Waals surface area contributed by atoms with Gasteiger partial charge >= 0.3 is 23.9 Å². The maximum atomic E-state index is 13.8. The largest absolute Gasteiger partial charge is 0.423 e. The Kier molecular flexibility index (Phi) is 15.1. The van der Waals surface area contributed by atoms with Gasteiger partial charge < -0.3 is 18.9 Å². The highest BCUT2D eigenvalue weighted by Crippen LogP contribution is 2.48. The van der Waals surface area contributed by atoms with Crippen LogP contribution in [0.2, 0.25) is 0 Å². The quantitative estimate of drug-likeness (QED) is 0.0700. The van der Waals surface area contributed by atoms with E-state index in [1.54, 1.807) is 247 Å². The molecule has 2 heterocycles. The van der Waals surface area contributed by atoms with Crippen molar-refractivity contribution in [2.24, 2.45) is 9.98 Å². The first kappa shape index (κ1) is 54.2. The van der Waals surface area contributed by atoms with Gasteiger partial charge in [0, 0.05) is 33.4 Å². The first-order valence-corrected chi connectivity index (χ1v) is 27.0. The SMILES string of the molecule is N#Cc1ccccc1-c1nc(-c2ccc(C(=O)Oc3ccccc3)cc2)c(-c2ccc(C(=O)Oc3ccccc3)cc2)n1C1(c2ccccc2C#N)N=C(c2ccc(C(=O)Oc3ccccc3)cc2)C(c2ccc(C(=O)Oc3ccccc3)cc2)=N1. The molecule has 14 heteroatoms. The lowest BCUT2D eigenvalue weighted by molar-refractivity contribution is 0.0725. The number of para-hydroxylation sites is 4. The minimum Gasteiger partial charge on any atom is -0.423 e. The number of nitrogens with zero attached hydrogens (tertiary/aromatic N) is 6. The molecule has 1 aliphatic heterocycles. The van der Waals surface area contributed by atoms with Gasteiger partial charge in [0.1, 0.15) is 28.8 Å². The summed E-state index contributed by atoms with van der Waals surface area (Å²) in [5, 5.41) is 22.1. The summed E-state index contributed by atoms with van der Waals surface area (Å²) in [6.45, 7) is 0. The Morgan fingerprint density at radius 3 is 1.07 bits per heavy atom. The molecule has 0 fully saturated rings. The zero-order valence-corrected chi connectivity index (χ0v) is 45.4. The molecule has 0 saturated carbocycles. The molecule has 12 rings (SSSR count). The van der Waals surface area contributed by atoms with Crippen molar-refractivity contribution in [3.63, 3.8) is 0 Å². The average molecular weight is 1120 g/mol. The van der Waals surface area contributed by atoms with Gasteiger partial charge in [0.25, 0.3) is 5.79 Å². The third kappa shape index (κ3) is 11.1. The Bertz CT molecular complexity index is 4400. The standard InChI is InChI=1S/C72H44N6O8/c73-45-55-17-13-15-27-61(55)67-75-65(49-33-41-53(42-34-49)70(81)85-59-23-9-3-10-24-59)66(50-35-43-54(44-36-50)71(82)86-60-25-11-4-12-26-60)78(67)72(62-28-16-14-18-56(62)46-74)76-63(47-29-37-51(38-30-47)68(79)83-57-19-5-1-6-20-57)64(77-72)48-31-39-52(40-32-48)69(80)84-58-21-7-2-8-22-58/h1-44H. The molecule has 0 amide bonds. The molecule has 0 bridgehead atoms. The fourth-order valence-electron chi connectivity index (χ4n) is 9.88. The first-order valence-electron chi connectivity index (χ1n) is 27.0. The van der Waals surface area contributed by atoms with E-state index in [0.29, 0.717) is 79.2 Å². The fourth-order valence-corrected chi connectivity index (χ4v) is 9.88. The third-order valence-electron chi connectivity index (χ3n) is 14.0. The van der Waals surface area contributed by atoms with Crippen molar-refractivity contribution >= 4 is 35.3 Å². The van der Waals surface area contributed by atoms with Crippen LogP contribution in [0, 0.1) is 22.7 Å². The smallest absolute Gasteiger partial charge is 0.343 e. The van der Waals surface area contributed by atoms with Gasteiger partial charge in [-0.15, -0.1) is 0 Å². The monoisotopic (exact) mass is 1120 g/mol. The van der Waals surface area contributed by atoms with E-state index in [9.17, 15) is 29.7 Å². The Morgan fingerprint density at radius 1 is 0.360 bits per heavy atom. The zero-order chi connectivity index (χ0) is 59.0. The highest BCUT2D eigenvalue weighted by atomic mass is 16.5. The van der Waals surface area contributed by atoms with Crippen LogP contribution in [-0.4, -0.2) is 44.9 Å². The Morgan fingerprint density at radius 2 is 0.686 bits per heavy atom. The van der Waals surface area contributed by atoms with E-state index in [0.717, 1.165) is 0 Å². The van der Waals surface area contributed by atoms with Gasteiger partial charge in [-0.05, 0) is 115 Å². The third-order valence-corrected chi connectivity index (χ3v) is 14.0. The summed E-state index contributed by atoms with van der Waals surface area (Å²) < 4.78 is 24.7. The Balaban J connectivity index is 1.11. The summed E-state index contributed by atoms with van der Waals surface area (Å²) in [4.78, 5) is 71.6. The molecule has 0 spiro atoms. The molecule has 11 aromatic rings. The summed E-state index contributed by atoms with van der Waals surface area (Å²) in [5.74, 6) is -2.84. The van der Waals surface area contributed by atoms with E-state index in [2.05, 4.69) is 12.1 Å². The number of aliphatic imine (C=N–C) groups is 2. The molecule has 1 aromatic heterocycles. The summed E-state index contributed by atoms with van der Waals surface area (Å²) in [7, 11) is 0. The van der Waals surface area contributed by atoms with Gasteiger partial charge in [-0.25, -0.2) is 34.1 Å². The van der Waals surface area contributed by atoms with Gasteiger partial charge in [0.2, 0.25) is 0 Å². The van der Waals surface area contributed by atoms with Crippen LogP contribution in [0.25, 0.3) is 33.9 Å². The van der Waals surface area contributed by atoms with Crippen LogP contribution in [0.4, 0.5) is 0 Å². The second kappa shape index (κ2) is 24.0. The second-order valence-electron chi connectivity index (χ2n) is 19.5. The minimum absolute atomic E-state index is 0.180. The molecule has 0 saturated heterocycles. The van der Waals surface area contributed by atoms with Crippen molar-refractivity contribution < 1.29 is 38.1 Å². The van der Waals surface area contributed by atoms with Gasteiger partial charge in [0.05, 0.1) is 68.3 Å². The number of benzene rings is 10. The molecule has 10 aromatic carbocycles. The minimum atomic E-state index is -2.05. The average Bonchev–Trinajstić information content (AvgIpc) is 1.61. The lowest BCUT2D eigenvalue weighted by atomic mass is 9.98. The van der Waals surface area contributed by atoms with E-state index < -0.39 is 29.7 Å². The number of imidazole rings is 1. The Hall–Kier alpha value is -12.4. The summed E-state index contributed by atoms with van der Waals surface area (Å²) in [6, 6.07) is 80.1. The number of aromatic nitrogens is 2. The number of esters is 4. The van der Waals surface area contributed by atoms with E-state index >= 15 is 0 Å². The molecule has 0 unspecified atom stereocenters. The van der Waals surface area contributed by atoms with E-state index in [1.165, 1.54) is 0 Å². The van der Waals surface area contributed by atoms with E-state index in [1.807, 2.05) is 24.3 Å². The predicted octanol–water partition coefficient (Wildman–Crippen LogP) is 14.2. The van der Waals surface area contributed by atoms with Crippen LogP contribution in [0.15, 0.2) is 277 Å². The van der Waals surface area contributed by atoms with E-state index in [-0.39, 0.29) is 39.2 Å². The number of carbonyl (C=O) groups is 4. The summed E-state index contributed by atoms with van der Waals surface area (Å²) in [6.07, 6.45) is 0. The molecular formula is C72H44N6O8. The normalized spacial score (nSPS) is 12.1. The molecular weight excluding hydrogens is 1080 g/mol. The Labute approximate surface area is 493 Å². The number of nitriles is 2. The number of hydrogen-bond acceptors (Lipinski definition) is 13. The van der Waals surface area contributed by atoms with Crippen LogP contribution in [0.3, 0.4) is 0 Å². The van der Waals surface area contributed by atoms with Crippen molar-refractivity contribution in [3.05, 3.63) is 317 Å². The molecule has 86 heavy (non-hydrogen) atoms. The van der Waals surface area contributed by atoms with Crippen molar-refractivity contribution in [3.8, 4) is 69.0 Å². The van der Waals surface area contributed by atoms with Gasteiger partial charge in [-0.2, -0.15) is 10.5 Å². The maximum Gasteiger partial charge on any atom is 0.343 e. The maximum absolute atomic E-state index is 13.8. The summed E-state index contributed by atoms with van der Waals surface area (Å²) >= 11 is 0. The molecule has 14 nitrogen and oxygen atoms in total. The number of ether oxygens (including phenoxy) is 4. The van der Waals surface area contributed by atoms with Gasteiger partial charge in [-0.3, -0.25) is 4.57 Å². The van der Waals surface area contributed by atoms with Gasteiger partial charge in [0.15, 0.2) is 0 Å². The van der Waals surface area contributed by atoms with Crippen LogP contribution < -0.4 is 18.9 Å². The summed E-state index contributed by atoms with van der Waals surface area (Å²) in [5.41, 5.74) is 5.26. The molecule has 0 aliphatic carbocycles. The zero-order valence-electron chi connectivity index (χ0n) is 45.4. The van der Waals surface area contributed by atoms with Crippen LogP contribution in [0.1, 0.15) is 69.2 Å². The lowest BCUT2D eigenvalue weighted by Crippen LogP contribution is -2.32. The van der Waals surface area contributed by atoms with Crippen molar-refractivity contribution in [1.29, 1.82) is 10.5 Å². The topological polar surface area (TPSA) is 195 Å². The second-order valence-corrected chi connectivity index (χ2v) is 19.5. The van der Waals surface area contributed by atoms with Gasteiger partial charge in [-0.1, -0.05) is 152 Å². The molecule has 1 aliphatic rings. The first-order chi connectivity index (χ1) is 42.2. The highest BCUT2D eigenvalue weighted by Gasteiger charge is 2.47. The van der Waals surface area contributed by atoms with Crippen molar-refractivity contribution in [1.82, 2.24) is 9.55 Å². The molecule has 0 atom stereocenters. The van der Waals surface area contributed by atoms with Crippen molar-refractivity contribution in [2.45, 2.75) is 5.79 Å². The predicted molar refractivity (Wildman–Crippen MR) is 323 cm³/mol. The molecule has 410 valence electrons. The van der Waals surface area contributed by atoms with Crippen LogP contribution in [-0.2, 0) is 5.79 Å². The van der Waals surface area contributed by atoms with Crippen LogP contribution >= 0.6 is 0 Å². The fraction of sp³-hybridized carbons (Fsp3) is 0.0139. The van der Waals surface area contributed by atoms with E-state index in [4.69, 9.17) is 33.9 Å². The molecule has 0 radical (unpaired) electrons. The number of rotatable bonds is 15. The van der Waals surface area contributed by atoms with Crippen molar-refractivity contribution in [2.75, 3.05) is 0 Å². The number of hydrogen-bond donors (Lipinski definition) is 0. The number of carbonyl (C=O) groups excluding carboxylic acids is 4. The highest BCUT2D eigenvalue weighted by molar-refractivity contribution is 6.54.